The van der Waals surface area contributed by atoms with Crippen molar-refractivity contribution < 1.29 is 0 Å². The molecule has 2 heterocycles. The molecule has 2 unspecified atom stereocenters. The molecule has 1 fully saturated rings. The molecule has 0 saturated carbocycles. The molecule has 0 bridgehead atoms. The minimum atomic E-state index is 0.308. The fourth-order valence-corrected chi connectivity index (χ4v) is 4.25. The van der Waals surface area contributed by atoms with Crippen LogP contribution in [0.15, 0.2) is 16.8 Å². The Bertz CT molecular complexity index is 370. The van der Waals surface area contributed by atoms with Gasteiger partial charge in [0.1, 0.15) is 0 Å². The van der Waals surface area contributed by atoms with Crippen LogP contribution < -0.4 is 5.32 Å². The number of hydrogen-bond acceptors (Lipinski definition) is 3. The molecule has 20 heavy (non-hydrogen) atoms. The fraction of sp³-hybridized carbons (Fsp3) is 0.765. The second-order valence-corrected chi connectivity index (χ2v) is 6.97. The molecule has 2 atom stereocenters. The highest BCUT2D eigenvalue weighted by Gasteiger charge is 2.38. The average molecular weight is 295 g/mol. The van der Waals surface area contributed by atoms with Crippen LogP contribution in [0, 0.1) is 0 Å². The quantitative estimate of drug-likeness (QED) is 0.781. The van der Waals surface area contributed by atoms with Gasteiger partial charge in [-0.05, 0) is 81.1 Å². The van der Waals surface area contributed by atoms with E-state index in [1.807, 2.05) is 11.3 Å². The Balaban J connectivity index is 2.03. The second kappa shape index (κ2) is 7.58. The van der Waals surface area contributed by atoms with Crippen LogP contribution in [0.25, 0.3) is 0 Å². The van der Waals surface area contributed by atoms with Gasteiger partial charge in [-0.15, -0.1) is 0 Å². The summed E-state index contributed by atoms with van der Waals surface area (Å²) in [7, 11) is 0. The third-order valence-corrected chi connectivity index (χ3v) is 5.78. The van der Waals surface area contributed by atoms with E-state index in [-0.39, 0.29) is 0 Å². The maximum atomic E-state index is 3.78. The topological polar surface area (TPSA) is 15.3 Å². The van der Waals surface area contributed by atoms with Gasteiger partial charge in [-0.3, -0.25) is 4.90 Å². The molecule has 0 amide bonds. The Hall–Kier alpha value is -0.380. The van der Waals surface area contributed by atoms with Crippen LogP contribution in [-0.2, 0) is 6.42 Å². The number of nitrogens with one attached hydrogen (secondary N) is 1. The summed E-state index contributed by atoms with van der Waals surface area (Å²) in [5.41, 5.74) is 1.81. The van der Waals surface area contributed by atoms with Crippen molar-refractivity contribution in [2.45, 2.75) is 64.5 Å². The zero-order valence-corrected chi connectivity index (χ0v) is 14.1. The first-order chi connectivity index (χ1) is 9.70. The molecule has 0 spiro atoms. The molecule has 1 aliphatic heterocycles. The van der Waals surface area contributed by atoms with E-state index in [1.54, 1.807) is 0 Å². The minimum Gasteiger partial charge on any atom is -0.312 e. The summed E-state index contributed by atoms with van der Waals surface area (Å²) in [6.07, 6.45) is 6.42. The number of rotatable bonds is 8. The van der Waals surface area contributed by atoms with Crippen LogP contribution in [-0.4, -0.2) is 36.1 Å². The number of likely N-dealkylation sites (tertiary alicyclic amines) is 1. The first kappa shape index (κ1) is 16.0. The van der Waals surface area contributed by atoms with Gasteiger partial charge in [-0.1, -0.05) is 13.8 Å². The molecule has 0 radical (unpaired) electrons. The predicted molar refractivity (Wildman–Crippen MR) is 89.6 cm³/mol. The lowest BCUT2D eigenvalue weighted by Gasteiger charge is -2.45. The molecule has 0 aliphatic carbocycles. The third-order valence-electron chi connectivity index (χ3n) is 5.05. The molecule has 1 aliphatic rings. The summed E-state index contributed by atoms with van der Waals surface area (Å²) >= 11 is 1.81. The van der Waals surface area contributed by atoms with E-state index in [4.69, 9.17) is 0 Å². The number of hydrogen-bond donors (Lipinski definition) is 1. The standard InChI is InChI=1S/C17H30N2S/c1-4-17(3,19-11-6-7-12-19)16(18-5-2)9-8-15-10-13-20-14-15/h10,13-14,16,18H,4-9,11-12H2,1-3H3. The van der Waals surface area contributed by atoms with Crippen LogP contribution in [0.2, 0.25) is 0 Å². The van der Waals surface area contributed by atoms with Gasteiger partial charge in [0, 0.05) is 11.6 Å². The molecular weight excluding hydrogens is 264 g/mol. The number of likely N-dealkylation sites (N-methyl/N-ethyl adjacent to an activating group) is 1. The lowest BCUT2D eigenvalue weighted by atomic mass is 9.84. The highest BCUT2D eigenvalue weighted by atomic mass is 32.1. The highest BCUT2D eigenvalue weighted by molar-refractivity contribution is 7.07. The molecule has 3 heteroatoms. The normalized spacial score (nSPS) is 20.9. The lowest BCUT2D eigenvalue weighted by Crippen LogP contribution is -2.58. The van der Waals surface area contributed by atoms with Gasteiger partial charge in [0.05, 0.1) is 0 Å². The van der Waals surface area contributed by atoms with E-state index in [0.717, 1.165) is 6.54 Å². The van der Waals surface area contributed by atoms with Gasteiger partial charge in [-0.2, -0.15) is 11.3 Å². The maximum Gasteiger partial charge on any atom is 0.0331 e. The van der Waals surface area contributed by atoms with Crippen molar-refractivity contribution in [3.05, 3.63) is 22.4 Å². The summed E-state index contributed by atoms with van der Waals surface area (Å²) in [4.78, 5) is 2.73. The molecular formula is C17H30N2S. The number of aryl methyl sites for hydroxylation is 1. The van der Waals surface area contributed by atoms with Crippen LogP contribution in [0.5, 0.6) is 0 Å². The Morgan fingerprint density at radius 2 is 2.10 bits per heavy atom. The highest BCUT2D eigenvalue weighted by Crippen LogP contribution is 2.30. The molecule has 0 aromatic carbocycles. The predicted octanol–water partition coefficient (Wildman–Crippen LogP) is 3.92. The van der Waals surface area contributed by atoms with Crippen molar-refractivity contribution in [2.24, 2.45) is 0 Å². The zero-order valence-electron chi connectivity index (χ0n) is 13.3. The molecule has 2 nitrogen and oxygen atoms in total. The maximum absolute atomic E-state index is 3.78. The smallest absolute Gasteiger partial charge is 0.0331 e. The van der Waals surface area contributed by atoms with E-state index in [9.17, 15) is 0 Å². The summed E-state index contributed by atoms with van der Waals surface area (Å²) in [5.74, 6) is 0. The molecule has 2 rings (SSSR count). The fourth-order valence-electron chi connectivity index (χ4n) is 3.54. The van der Waals surface area contributed by atoms with Gasteiger partial charge in [0.15, 0.2) is 0 Å². The minimum absolute atomic E-state index is 0.308. The summed E-state index contributed by atoms with van der Waals surface area (Å²) in [5, 5.41) is 8.26. The van der Waals surface area contributed by atoms with Crippen molar-refractivity contribution in [3.8, 4) is 0 Å². The van der Waals surface area contributed by atoms with Crippen LogP contribution in [0.1, 0.15) is 52.0 Å². The van der Waals surface area contributed by atoms with Crippen molar-refractivity contribution >= 4 is 11.3 Å². The first-order valence-electron chi connectivity index (χ1n) is 8.20. The van der Waals surface area contributed by atoms with Gasteiger partial charge in [0.25, 0.3) is 0 Å². The molecule has 1 saturated heterocycles. The van der Waals surface area contributed by atoms with Crippen molar-refractivity contribution in [3.63, 3.8) is 0 Å². The lowest BCUT2D eigenvalue weighted by molar-refractivity contribution is 0.0811. The molecule has 1 aromatic heterocycles. The SMILES string of the molecule is CCNC(CCc1ccsc1)C(C)(CC)N1CCCC1. The van der Waals surface area contributed by atoms with Crippen LogP contribution in [0.4, 0.5) is 0 Å². The second-order valence-electron chi connectivity index (χ2n) is 6.19. The van der Waals surface area contributed by atoms with Gasteiger partial charge in [0.2, 0.25) is 0 Å². The number of thiophene rings is 1. The van der Waals surface area contributed by atoms with Gasteiger partial charge in [-0.25, -0.2) is 0 Å². The van der Waals surface area contributed by atoms with E-state index < -0.39 is 0 Å². The summed E-state index contributed by atoms with van der Waals surface area (Å²) in [6.45, 7) is 10.7. The third kappa shape index (κ3) is 3.63. The number of nitrogens with zero attached hydrogens (tertiary/aromatic N) is 1. The molecule has 114 valence electrons. The van der Waals surface area contributed by atoms with E-state index >= 15 is 0 Å². The van der Waals surface area contributed by atoms with Crippen LogP contribution in [0.3, 0.4) is 0 Å². The van der Waals surface area contributed by atoms with Gasteiger partial charge >= 0.3 is 0 Å². The van der Waals surface area contributed by atoms with Crippen LogP contribution >= 0.6 is 11.3 Å². The summed E-state index contributed by atoms with van der Waals surface area (Å²) in [6, 6.07) is 2.86. The van der Waals surface area contributed by atoms with E-state index in [1.165, 1.54) is 50.8 Å². The Morgan fingerprint density at radius 3 is 2.65 bits per heavy atom. The van der Waals surface area contributed by atoms with Crippen molar-refractivity contribution in [2.75, 3.05) is 19.6 Å². The largest absolute Gasteiger partial charge is 0.312 e. The monoisotopic (exact) mass is 294 g/mol. The Labute approximate surface area is 128 Å². The molecule has 1 aromatic rings. The molecule has 1 N–H and O–H groups in total. The zero-order chi connectivity index (χ0) is 14.4. The first-order valence-corrected chi connectivity index (χ1v) is 9.14. The van der Waals surface area contributed by atoms with Gasteiger partial charge < -0.3 is 5.32 Å². The average Bonchev–Trinajstić information content (AvgIpc) is 3.15. The van der Waals surface area contributed by atoms with E-state index in [2.05, 4.69) is 47.8 Å². The van der Waals surface area contributed by atoms with E-state index in [0.29, 0.717) is 11.6 Å². The van der Waals surface area contributed by atoms with Crippen molar-refractivity contribution in [1.29, 1.82) is 0 Å². The Morgan fingerprint density at radius 1 is 1.35 bits per heavy atom. The Kier molecular flexibility index (Phi) is 6.06. The van der Waals surface area contributed by atoms with Crippen molar-refractivity contribution in [1.82, 2.24) is 10.2 Å². The summed E-state index contributed by atoms with van der Waals surface area (Å²) < 4.78 is 0.